The number of amides is 1. The molecule has 1 aromatic heterocycles. The third-order valence-corrected chi connectivity index (χ3v) is 5.53. The molecule has 2 aliphatic heterocycles. The van der Waals surface area contributed by atoms with E-state index in [1.165, 1.54) is 0 Å². The maximum absolute atomic E-state index is 13.2. The van der Waals surface area contributed by atoms with E-state index in [0.717, 1.165) is 4.90 Å². The van der Waals surface area contributed by atoms with Crippen LogP contribution in [0.5, 0.6) is 0 Å². The van der Waals surface area contributed by atoms with E-state index in [2.05, 4.69) is 4.98 Å². The molecule has 1 amide bonds. The van der Waals surface area contributed by atoms with E-state index in [-0.39, 0.29) is 12.5 Å². The van der Waals surface area contributed by atoms with Crippen molar-refractivity contribution in [3.8, 4) is 0 Å². The maximum atomic E-state index is 13.2. The lowest BCUT2D eigenvalue weighted by molar-refractivity contribution is -0.155. The zero-order valence-corrected chi connectivity index (χ0v) is 15.2. The van der Waals surface area contributed by atoms with Gasteiger partial charge in [-0.15, -0.1) is 0 Å². The van der Waals surface area contributed by atoms with Gasteiger partial charge in [-0.2, -0.15) is 26.3 Å². The first-order valence-electron chi connectivity index (χ1n) is 8.79. The number of aromatic nitrogens is 1. The van der Waals surface area contributed by atoms with Gasteiger partial charge in [-0.1, -0.05) is 0 Å². The summed E-state index contributed by atoms with van der Waals surface area (Å²) >= 11 is 0. The topological polar surface area (TPSA) is 77.7 Å². The number of rotatable bonds is 2. The van der Waals surface area contributed by atoms with Crippen molar-refractivity contribution in [3.05, 3.63) is 23.4 Å². The maximum Gasteiger partial charge on any atom is 0.433 e. The molecule has 3 aliphatic rings. The summed E-state index contributed by atoms with van der Waals surface area (Å²) in [6.07, 6.45) is -11.0. The number of alkyl halides is 6. The van der Waals surface area contributed by atoms with Crippen LogP contribution in [-0.4, -0.2) is 41.0 Å². The molecule has 0 radical (unpaired) electrons. The lowest BCUT2D eigenvalue weighted by Gasteiger charge is -2.39. The molecule has 0 spiro atoms. The quantitative estimate of drug-likeness (QED) is 0.738. The van der Waals surface area contributed by atoms with E-state index >= 15 is 0 Å². The van der Waals surface area contributed by atoms with E-state index in [9.17, 15) is 31.1 Å². The molecule has 1 aliphatic carbocycles. The Kier molecular flexibility index (Phi) is 4.16. The Morgan fingerprint density at radius 3 is 2.31 bits per heavy atom. The highest BCUT2D eigenvalue weighted by Gasteiger charge is 2.65. The van der Waals surface area contributed by atoms with Gasteiger partial charge in [0.05, 0.1) is 17.7 Å². The van der Waals surface area contributed by atoms with Crippen molar-refractivity contribution in [2.75, 3.05) is 4.90 Å². The summed E-state index contributed by atoms with van der Waals surface area (Å²) < 4.78 is 90.9. The smallest absolute Gasteiger partial charge is 0.368 e. The molecule has 160 valence electrons. The van der Waals surface area contributed by atoms with Gasteiger partial charge in [0.2, 0.25) is 5.91 Å². The molecular weight excluding hydrogens is 408 g/mol. The molecule has 2 N–H and O–H groups in total. The van der Waals surface area contributed by atoms with Crippen molar-refractivity contribution in [1.82, 2.24) is 4.98 Å². The van der Waals surface area contributed by atoms with E-state index in [0.29, 0.717) is 6.07 Å². The second kappa shape index (κ2) is 5.97. The van der Waals surface area contributed by atoms with Gasteiger partial charge >= 0.3 is 12.4 Å². The molecular formula is C17H17F6N3O3. The minimum absolute atomic E-state index is 0.0573. The first kappa shape index (κ1) is 20.2. The van der Waals surface area contributed by atoms with Gasteiger partial charge in [0.15, 0.2) is 5.79 Å². The molecule has 2 bridgehead atoms. The summed E-state index contributed by atoms with van der Waals surface area (Å²) in [5.41, 5.74) is 2.25. The summed E-state index contributed by atoms with van der Waals surface area (Å²) in [5.74, 6) is -3.02. The standard InChI is InChI=1S/C17H17F6N3O3/c1-15(2)28-12-7-5-8(13(12)29-15)26(11(7)14(24)27)10-4-6(16(18,19)20)3-9(25-10)17(21,22)23/h3-4,7-8,11-13H,5H2,1-2H3,(H2,24,27)/t7-,8-,11-,12-,13+/m0/s1. The van der Waals surface area contributed by atoms with E-state index in [4.69, 9.17) is 15.2 Å². The summed E-state index contributed by atoms with van der Waals surface area (Å²) in [5, 5.41) is 0. The highest BCUT2D eigenvalue weighted by atomic mass is 19.4. The molecule has 6 nitrogen and oxygen atoms in total. The van der Waals surface area contributed by atoms with Crippen molar-refractivity contribution >= 4 is 11.7 Å². The average Bonchev–Trinajstić information content (AvgIpc) is 3.19. The van der Waals surface area contributed by atoms with Crippen LogP contribution in [0.15, 0.2) is 12.1 Å². The number of halogens is 6. The fourth-order valence-corrected chi connectivity index (χ4v) is 4.60. The molecule has 4 rings (SSSR count). The van der Waals surface area contributed by atoms with Gasteiger partial charge in [0.25, 0.3) is 0 Å². The predicted octanol–water partition coefficient (Wildman–Crippen LogP) is 2.70. The number of hydrogen-bond donors (Lipinski definition) is 1. The Morgan fingerprint density at radius 2 is 1.76 bits per heavy atom. The fraction of sp³-hybridized carbons (Fsp3) is 0.647. The average molecular weight is 425 g/mol. The molecule has 2 saturated heterocycles. The van der Waals surface area contributed by atoms with Crippen LogP contribution in [-0.2, 0) is 26.6 Å². The van der Waals surface area contributed by atoms with Crippen LogP contribution in [0.1, 0.15) is 31.5 Å². The summed E-state index contributed by atoms with van der Waals surface area (Å²) in [7, 11) is 0. The monoisotopic (exact) mass is 425 g/mol. The molecule has 0 aromatic carbocycles. The molecule has 1 saturated carbocycles. The SMILES string of the molecule is CC1(C)O[C@H]2[C@H]3C[C@@H]([C@H]2O1)N(c1cc(C(F)(F)F)cc(C(F)(F)F)n1)[C@@H]3C(N)=O. The Bertz CT molecular complexity index is 824. The number of primary amides is 1. The van der Waals surface area contributed by atoms with Crippen LogP contribution < -0.4 is 10.6 Å². The minimum atomic E-state index is -5.10. The van der Waals surface area contributed by atoms with Crippen molar-refractivity contribution in [1.29, 1.82) is 0 Å². The number of piperidine rings is 1. The van der Waals surface area contributed by atoms with Crippen LogP contribution in [0.3, 0.4) is 0 Å². The van der Waals surface area contributed by atoms with Crippen LogP contribution in [0.4, 0.5) is 32.2 Å². The van der Waals surface area contributed by atoms with Crippen LogP contribution in [0.2, 0.25) is 0 Å². The van der Waals surface area contributed by atoms with Crippen LogP contribution in [0, 0.1) is 5.92 Å². The molecule has 1 aromatic rings. The van der Waals surface area contributed by atoms with Crippen molar-refractivity contribution in [2.45, 2.75) is 62.7 Å². The molecule has 5 atom stereocenters. The first-order valence-corrected chi connectivity index (χ1v) is 8.79. The summed E-state index contributed by atoms with van der Waals surface area (Å²) in [6.45, 7) is 3.28. The number of fused-ring (bicyclic) bond motifs is 5. The number of ether oxygens (including phenoxy) is 2. The third-order valence-electron chi connectivity index (χ3n) is 5.53. The van der Waals surface area contributed by atoms with Gasteiger partial charge in [0, 0.05) is 5.92 Å². The zero-order valence-electron chi connectivity index (χ0n) is 15.2. The highest BCUT2D eigenvalue weighted by Crippen LogP contribution is 2.52. The normalized spacial score (nSPS) is 33.2. The van der Waals surface area contributed by atoms with Gasteiger partial charge in [-0.25, -0.2) is 4.98 Å². The van der Waals surface area contributed by atoms with Gasteiger partial charge in [0.1, 0.15) is 23.7 Å². The number of carbonyl (C=O) groups is 1. The predicted molar refractivity (Wildman–Crippen MR) is 85.4 cm³/mol. The molecule has 29 heavy (non-hydrogen) atoms. The van der Waals surface area contributed by atoms with Gasteiger partial charge < -0.3 is 20.1 Å². The van der Waals surface area contributed by atoms with E-state index in [1.807, 2.05) is 0 Å². The van der Waals surface area contributed by atoms with Crippen molar-refractivity contribution < 1.29 is 40.6 Å². The Hall–Kier alpha value is -2.08. The van der Waals surface area contributed by atoms with Crippen molar-refractivity contribution in [2.24, 2.45) is 11.7 Å². The van der Waals surface area contributed by atoms with E-state index < -0.39 is 71.3 Å². The van der Waals surface area contributed by atoms with Crippen LogP contribution in [0.25, 0.3) is 0 Å². The largest absolute Gasteiger partial charge is 0.433 e. The molecule has 12 heteroatoms. The Balaban J connectivity index is 1.82. The number of anilines is 1. The van der Waals surface area contributed by atoms with Gasteiger partial charge in [-0.05, 0) is 32.4 Å². The molecule has 3 fully saturated rings. The lowest BCUT2D eigenvalue weighted by atomic mass is 9.94. The Morgan fingerprint density at radius 1 is 1.14 bits per heavy atom. The lowest BCUT2D eigenvalue weighted by Crippen LogP contribution is -2.58. The summed E-state index contributed by atoms with van der Waals surface area (Å²) in [4.78, 5) is 16.6. The minimum Gasteiger partial charge on any atom is -0.368 e. The number of carbonyl (C=O) groups excluding carboxylic acids is 1. The van der Waals surface area contributed by atoms with E-state index in [1.54, 1.807) is 13.8 Å². The highest BCUT2D eigenvalue weighted by molar-refractivity contribution is 5.85. The third kappa shape index (κ3) is 3.21. The Labute approximate surface area is 160 Å². The van der Waals surface area contributed by atoms with Crippen molar-refractivity contribution in [3.63, 3.8) is 0 Å². The van der Waals surface area contributed by atoms with Gasteiger partial charge in [-0.3, -0.25) is 4.79 Å². The zero-order chi connectivity index (χ0) is 21.5. The first-order chi connectivity index (χ1) is 13.2. The second-order valence-electron chi connectivity index (χ2n) is 7.88. The molecule has 0 unspecified atom stereocenters. The second-order valence-corrected chi connectivity index (χ2v) is 7.88. The number of nitrogens with zero attached hydrogens (tertiary/aromatic N) is 2. The summed E-state index contributed by atoms with van der Waals surface area (Å²) in [6, 6.07) is -1.41. The van der Waals surface area contributed by atoms with Crippen LogP contribution >= 0.6 is 0 Å². The number of pyridine rings is 1. The number of nitrogens with two attached hydrogens (primary N) is 1. The number of hydrogen-bond acceptors (Lipinski definition) is 5. The molecule has 3 heterocycles. The fourth-order valence-electron chi connectivity index (χ4n) is 4.60.